The Balaban J connectivity index is 1.88. The van der Waals surface area contributed by atoms with Gasteiger partial charge in [-0.25, -0.2) is 0 Å². The molecule has 0 aromatic rings. The third-order valence-electron chi connectivity index (χ3n) is 5.29. The van der Waals surface area contributed by atoms with Gasteiger partial charge in [-0.15, -0.1) is 0 Å². The van der Waals surface area contributed by atoms with Crippen LogP contribution >= 0.6 is 0 Å². The molecule has 3 unspecified atom stereocenters. The summed E-state index contributed by atoms with van der Waals surface area (Å²) in [6, 6.07) is 2.02. The molecule has 3 atom stereocenters. The van der Waals surface area contributed by atoms with Crippen LogP contribution in [0.5, 0.6) is 0 Å². The zero-order chi connectivity index (χ0) is 14.9. The van der Waals surface area contributed by atoms with Crippen molar-refractivity contribution in [1.82, 2.24) is 15.1 Å². The molecule has 3 nitrogen and oxygen atoms in total. The number of rotatable bonds is 3. The summed E-state index contributed by atoms with van der Waals surface area (Å²) < 4.78 is 0. The van der Waals surface area contributed by atoms with E-state index in [4.69, 9.17) is 0 Å². The SMILES string of the molecule is CC(C)N1CCC(CN2CC(C(C)(C)C)NCC2C)C1. The van der Waals surface area contributed by atoms with Gasteiger partial charge in [0.25, 0.3) is 0 Å². The number of likely N-dealkylation sites (tertiary alicyclic amines) is 1. The molecule has 0 amide bonds. The first-order valence-electron chi connectivity index (χ1n) is 8.49. The molecule has 0 aromatic carbocycles. The molecule has 2 aliphatic rings. The summed E-state index contributed by atoms with van der Waals surface area (Å²) in [7, 11) is 0. The standard InChI is InChI=1S/C17H35N3/c1-13(2)19-8-7-15(10-19)11-20-12-16(17(4,5)6)18-9-14(20)3/h13-16,18H,7-12H2,1-6H3. The monoisotopic (exact) mass is 281 g/mol. The Labute approximate surface area is 126 Å². The average molecular weight is 281 g/mol. The Bertz CT molecular complexity index is 308. The summed E-state index contributed by atoms with van der Waals surface area (Å²) in [4.78, 5) is 5.37. The van der Waals surface area contributed by atoms with Crippen molar-refractivity contribution in [2.75, 3.05) is 32.7 Å². The van der Waals surface area contributed by atoms with Gasteiger partial charge in [-0.3, -0.25) is 4.90 Å². The summed E-state index contributed by atoms with van der Waals surface area (Å²) in [6.07, 6.45) is 1.38. The van der Waals surface area contributed by atoms with Crippen LogP contribution in [-0.2, 0) is 0 Å². The van der Waals surface area contributed by atoms with Crippen molar-refractivity contribution in [2.45, 2.75) is 66.1 Å². The van der Waals surface area contributed by atoms with Gasteiger partial charge in [0, 0.05) is 44.3 Å². The lowest BCUT2D eigenvalue weighted by Gasteiger charge is -2.44. The van der Waals surface area contributed by atoms with Crippen molar-refractivity contribution >= 4 is 0 Å². The van der Waals surface area contributed by atoms with Crippen molar-refractivity contribution in [3.8, 4) is 0 Å². The van der Waals surface area contributed by atoms with Crippen molar-refractivity contribution in [3.63, 3.8) is 0 Å². The smallest absolute Gasteiger partial charge is 0.0244 e. The van der Waals surface area contributed by atoms with Gasteiger partial charge >= 0.3 is 0 Å². The normalized spacial score (nSPS) is 34.0. The fraction of sp³-hybridized carbons (Fsp3) is 1.00. The molecule has 118 valence electrons. The molecule has 1 N–H and O–H groups in total. The molecule has 0 aromatic heterocycles. The maximum Gasteiger partial charge on any atom is 0.0244 e. The summed E-state index contributed by atoms with van der Waals surface area (Å²) in [5.41, 5.74) is 0.359. The Morgan fingerprint density at radius 1 is 1.20 bits per heavy atom. The second-order valence-corrected chi connectivity index (χ2v) is 8.37. The van der Waals surface area contributed by atoms with Crippen LogP contribution in [0.3, 0.4) is 0 Å². The van der Waals surface area contributed by atoms with Crippen LogP contribution in [0.15, 0.2) is 0 Å². The molecule has 2 fully saturated rings. The van der Waals surface area contributed by atoms with Gasteiger partial charge in [-0.2, -0.15) is 0 Å². The maximum absolute atomic E-state index is 3.74. The molecule has 0 radical (unpaired) electrons. The first kappa shape index (κ1) is 16.3. The minimum absolute atomic E-state index is 0.359. The molecule has 0 aliphatic carbocycles. The fourth-order valence-corrected chi connectivity index (χ4v) is 3.57. The molecular weight excluding hydrogens is 246 g/mol. The van der Waals surface area contributed by atoms with Crippen LogP contribution in [0.25, 0.3) is 0 Å². The predicted octanol–water partition coefficient (Wildman–Crippen LogP) is 2.43. The molecule has 2 aliphatic heterocycles. The van der Waals surface area contributed by atoms with Crippen LogP contribution in [-0.4, -0.2) is 60.6 Å². The highest BCUT2D eigenvalue weighted by molar-refractivity contribution is 4.92. The lowest BCUT2D eigenvalue weighted by Crippen LogP contribution is -2.60. The third-order valence-corrected chi connectivity index (χ3v) is 5.29. The van der Waals surface area contributed by atoms with E-state index in [2.05, 4.69) is 56.7 Å². The van der Waals surface area contributed by atoms with Gasteiger partial charge in [-0.05, 0) is 45.1 Å². The summed E-state index contributed by atoms with van der Waals surface area (Å²) >= 11 is 0. The second-order valence-electron chi connectivity index (χ2n) is 8.37. The van der Waals surface area contributed by atoms with E-state index in [1.807, 2.05) is 0 Å². The van der Waals surface area contributed by atoms with Crippen molar-refractivity contribution < 1.29 is 0 Å². The largest absolute Gasteiger partial charge is 0.311 e. The fourth-order valence-electron chi connectivity index (χ4n) is 3.57. The summed E-state index contributed by atoms with van der Waals surface area (Å²) in [6.45, 7) is 20.3. The van der Waals surface area contributed by atoms with Crippen LogP contribution in [0.1, 0.15) is 48.0 Å². The van der Waals surface area contributed by atoms with Gasteiger partial charge in [0.05, 0.1) is 0 Å². The molecule has 2 saturated heterocycles. The highest BCUT2D eigenvalue weighted by atomic mass is 15.2. The van der Waals surface area contributed by atoms with Gasteiger partial charge in [0.15, 0.2) is 0 Å². The van der Waals surface area contributed by atoms with Gasteiger partial charge < -0.3 is 10.2 Å². The third kappa shape index (κ3) is 3.96. The van der Waals surface area contributed by atoms with Gasteiger partial charge in [0.1, 0.15) is 0 Å². The zero-order valence-corrected chi connectivity index (χ0v) is 14.4. The molecule has 2 rings (SSSR count). The van der Waals surface area contributed by atoms with Crippen molar-refractivity contribution in [3.05, 3.63) is 0 Å². The Kier molecular flexibility index (Phi) is 5.14. The quantitative estimate of drug-likeness (QED) is 0.857. The zero-order valence-electron chi connectivity index (χ0n) is 14.4. The van der Waals surface area contributed by atoms with E-state index in [0.29, 0.717) is 23.5 Å². The lowest BCUT2D eigenvalue weighted by molar-refractivity contribution is 0.0797. The first-order valence-corrected chi connectivity index (χ1v) is 8.49. The van der Waals surface area contributed by atoms with Crippen molar-refractivity contribution in [1.29, 1.82) is 0 Å². The van der Waals surface area contributed by atoms with E-state index < -0.39 is 0 Å². The number of nitrogens with one attached hydrogen (secondary N) is 1. The van der Waals surface area contributed by atoms with E-state index in [9.17, 15) is 0 Å². The highest BCUT2D eigenvalue weighted by Gasteiger charge is 2.34. The molecule has 0 bridgehead atoms. The average Bonchev–Trinajstić information content (AvgIpc) is 2.79. The molecule has 0 spiro atoms. The number of hydrogen-bond donors (Lipinski definition) is 1. The van der Waals surface area contributed by atoms with Gasteiger partial charge in [-0.1, -0.05) is 20.8 Å². The van der Waals surface area contributed by atoms with E-state index in [0.717, 1.165) is 12.5 Å². The minimum atomic E-state index is 0.359. The summed E-state index contributed by atoms with van der Waals surface area (Å²) in [5, 5.41) is 3.74. The van der Waals surface area contributed by atoms with Crippen LogP contribution in [0.2, 0.25) is 0 Å². The number of hydrogen-bond acceptors (Lipinski definition) is 3. The number of nitrogens with zero attached hydrogens (tertiary/aromatic N) is 2. The first-order chi connectivity index (χ1) is 9.27. The molecule has 20 heavy (non-hydrogen) atoms. The molecule has 0 saturated carbocycles. The predicted molar refractivity (Wildman–Crippen MR) is 87.1 cm³/mol. The van der Waals surface area contributed by atoms with Crippen LogP contribution in [0, 0.1) is 11.3 Å². The highest BCUT2D eigenvalue weighted by Crippen LogP contribution is 2.26. The van der Waals surface area contributed by atoms with Crippen molar-refractivity contribution in [2.24, 2.45) is 11.3 Å². The molecular formula is C17H35N3. The minimum Gasteiger partial charge on any atom is -0.311 e. The Hall–Kier alpha value is -0.120. The van der Waals surface area contributed by atoms with E-state index in [1.165, 1.54) is 32.6 Å². The van der Waals surface area contributed by atoms with Crippen LogP contribution in [0.4, 0.5) is 0 Å². The topological polar surface area (TPSA) is 18.5 Å². The Morgan fingerprint density at radius 3 is 2.45 bits per heavy atom. The maximum atomic E-state index is 3.74. The lowest BCUT2D eigenvalue weighted by atomic mass is 9.84. The summed E-state index contributed by atoms with van der Waals surface area (Å²) in [5.74, 6) is 0.874. The van der Waals surface area contributed by atoms with Crippen LogP contribution < -0.4 is 5.32 Å². The number of piperazine rings is 1. The van der Waals surface area contributed by atoms with Gasteiger partial charge in [0.2, 0.25) is 0 Å². The molecule has 3 heteroatoms. The van der Waals surface area contributed by atoms with E-state index in [1.54, 1.807) is 0 Å². The Morgan fingerprint density at radius 2 is 1.90 bits per heavy atom. The van der Waals surface area contributed by atoms with E-state index >= 15 is 0 Å². The second kappa shape index (κ2) is 6.33. The van der Waals surface area contributed by atoms with E-state index in [-0.39, 0.29) is 0 Å². The molecule has 2 heterocycles.